The van der Waals surface area contributed by atoms with E-state index in [9.17, 15) is 0 Å². The van der Waals surface area contributed by atoms with Crippen LogP contribution in [0.5, 0.6) is 0 Å². The fourth-order valence-electron chi connectivity index (χ4n) is 1.89. The van der Waals surface area contributed by atoms with Crippen molar-refractivity contribution >= 4 is 0 Å². The highest BCUT2D eigenvalue weighted by Gasteiger charge is 2.29. The van der Waals surface area contributed by atoms with Gasteiger partial charge >= 0.3 is 0 Å². The van der Waals surface area contributed by atoms with E-state index in [1.807, 2.05) is 0 Å². The van der Waals surface area contributed by atoms with Crippen molar-refractivity contribution in [3.05, 3.63) is 0 Å². The second-order valence-electron chi connectivity index (χ2n) is 4.24. The highest BCUT2D eigenvalue weighted by molar-refractivity contribution is 4.87. The summed E-state index contributed by atoms with van der Waals surface area (Å²) in [6, 6.07) is 1.40. The topological polar surface area (TPSA) is 21.3 Å². The van der Waals surface area contributed by atoms with Gasteiger partial charge in [-0.1, -0.05) is 19.8 Å². The Balaban J connectivity index is 1.99. The third-order valence-electron chi connectivity index (χ3n) is 2.94. The second-order valence-corrected chi connectivity index (χ2v) is 4.24. The van der Waals surface area contributed by atoms with E-state index in [2.05, 4.69) is 19.2 Å². The third kappa shape index (κ3) is 3.65. The Morgan fingerprint density at radius 3 is 2.69 bits per heavy atom. The molecule has 0 saturated heterocycles. The molecule has 78 valence electrons. The van der Waals surface area contributed by atoms with E-state index in [4.69, 9.17) is 4.74 Å². The maximum absolute atomic E-state index is 5.24. The number of nitrogens with one attached hydrogen (secondary N) is 1. The summed E-state index contributed by atoms with van der Waals surface area (Å²) >= 11 is 0. The first-order valence-electron chi connectivity index (χ1n) is 5.55. The fourth-order valence-corrected chi connectivity index (χ4v) is 1.89. The molecule has 0 aromatic rings. The lowest BCUT2D eigenvalue weighted by atomic mass is 9.88. The molecule has 1 aliphatic carbocycles. The first-order chi connectivity index (χ1) is 6.26. The molecule has 0 heterocycles. The van der Waals surface area contributed by atoms with Crippen molar-refractivity contribution < 1.29 is 4.74 Å². The van der Waals surface area contributed by atoms with Gasteiger partial charge in [0.05, 0.1) is 6.10 Å². The lowest BCUT2D eigenvalue weighted by Crippen LogP contribution is -2.48. The molecular weight excluding hydrogens is 162 g/mol. The molecule has 0 bridgehead atoms. The van der Waals surface area contributed by atoms with Crippen LogP contribution in [0.4, 0.5) is 0 Å². The van der Waals surface area contributed by atoms with E-state index in [1.54, 1.807) is 7.11 Å². The van der Waals surface area contributed by atoms with Crippen LogP contribution < -0.4 is 5.32 Å². The van der Waals surface area contributed by atoms with Crippen molar-refractivity contribution in [1.82, 2.24) is 5.32 Å². The maximum Gasteiger partial charge on any atom is 0.0601 e. The van der Waals surface area contributed by atoms with Gasteiger partial charge in [-0.15, -0.1) is 0 Å². The van der Waals surface area contributed by atoms with E-state index in [1.165, 1.54) is 32.1 Å². The molecule has 0 aromatic carbocycles. The van der Waals surface area contributed by atoms with Crippen molar-refractivity contribution in [1.29, 1.82) is 0 Å². The van der Waals surface area contributed by atoms with Gasteiger partial charge in [-0.2, -0.15) is 0 Å². The summed E-state index contributed by atoms with van der Waals surface area (Å²) in [6.07, 6.45) is 6.88. The molecule has 2 heteroatoms. The van der Waals surface area contributed by atoms with Gasteiger partial charge in [0.1, 0.15) is 0 Å². The lowest BCUT2D eigenvalue weighted by molar-refractivity contribution is 0.0145. The SMILES string of the molecule is CCCCC(C)NC1CC(OC)C1. The highest BCUT2D eigenvalue weighted by atomic mass is 16.5. The van der Waals surface area contributed by atoms with E-state index in [0.29, 0.717) is 12.1 Å². The normalized spacial score (nSPS) is 29.8. The molecule has 1 aliphatic rings. The quantitative estimate of drug-likeness (QED) is 0.685. The van der Waals surface area contributed by atoms with Crippen LogP contribution in [0.25, 0.3) is 0 Å². The zero-order valence-corrected chi connectivity index (χ0v) is 9.18. The Hall–Kier alpha value is -0.0800. The Labute approximate surface area is 82.0 Å². The van der Waals surface area contributed by atoms with Crippen LogP contribution in [0.2, 0.25) is 0 Å². The Morgan fingerprint density at radius 1 is 1.46 bits per heavy atom. The predicted octanol–water partition coefficient (Wildman–Crippen LogP) is 2.33. The molecule has 1 saturated carbocycles. The van der Waals surface area contributed by atoms with Crippen molar-refractivity contribution in [3.63, 3.8) is 0 Å². The minimum absolute atomic E-state index is 0.524. The first-order valence-corrected chi connectivity index (χ1v) is 5.55. The van der Waals surface area contributed by atoms with Gasteiger partial charge in [-0.25, -0.2) is 0 Å². The summed E-state index contributed by atoms with van der Waals surface area (Å²) in [5, 5.41) is 3.64. The van der Waals surface area contributed by atoms with E-state index >= 15 is 0 Å². The Bertz CT molecular complexity index is 129. The van der Waals surface area contributed by atoms with Crippen LogP contribution >= 0.6 is 0 Å². The van der Waals surface area contributed by atoms with Gasteiger partial charge < -0.3 is 10.1 Å². The molecule has 1 N–H and O–H groups in total. The van der Waals surface area contributed by atoms with Crippen molar-refractivity contribution in [3.8, 4) is 0 Å². The smallest absolute Gasteiger partial charge is 0.0601 e. The zero-order valence-electron chi connectivity index (χ0n) is 9.18. The molecule has 1 unspecified atom stereocenters. The van der Waals surface area contributed by atoms with Gasteiger partial charge in [-0.05, 0) is 26.2 Å². The fraction of sp³-hybridized carbons (Fsp3) is 1.00. The summed E-state index contributed by atoms with van der Waals surface area (Å²) < 4.78 is 5.24. The molecule has 1 rings (SSSR count). The number of unbranched alkanes of at least 4 members (excludes halogenated alkanes) is 1. The third-order valence-corrected chi connectivity index (χ3v) is 2.94. The standard InChI is InChI=1S/C11H23NO/c1-4-5-6-9(2)12-10-7-11(8-10)13-3/h9-12H,4-8H2,1-3H3. The van der Waals surface area contributed by atoms with Crippen LogP contribution in [0.1, 0.15) is 46.0 Å². The van der Waals surface area contributed by atoms with Gasteiger partial charge in [0.15, 0.2) is 0 Å². The molecule has 1 fully saturated rings. The first kappa shape index (κ1) is 11.0. The molecule has 0 radical (unpaired) electrons. The largest absolute Gasteiger partial charge is 0.381 e. The average Bonchev–Trinajstić information content (AvgIpc) is 2.07. The predicted molar refractivity (Wildman–Crippen MR) is 55.9 cm³/mol. The number of hydrogen-bond acceptors (Lipinski definition) is 2. The van der Waals surface area contributed by atoms with E-state index < -0.39 is 0 Å². The average molecular weight is 185 g/mol. The maximum atomic E-state index is 5.24. The molecule has 0 aliphatic heterocycles. The van der Waals surface area contributed by atoms with Gasteiger partial charge in [-0.3, -0.25) is 0 Å². The van der Waals surface area contributed by atoms with Crippen LogP contribution in [0, 0.1) is 0 Å². The molecule has 0 spiro atoms. The van der Waals surface area contributed by atoms with Crippen molar-refractivity contribution in [2.24, 2.45) is 0 Å². The van der Waals surface area contributed by atoms with Crippen LogP contribution in [0.3, 0.4) is 0 Å². The Morgan fingerprint density at radius 2 is 2.15 bits per heavy atom. The van der Waals surface area contributed by atoms with Crippen molar-refractivity contribution in [2.45, 2.75) is 64.1 Å². The summed E-state index contributed by atoms with van der Waals surface area (Å²) in [7, 11) is 1.81. The molecule has 0 amide bonds. The number of hydrogen-bond donors (Lipinski definition) is 1. The number of ether oxygens (including phenoxy) is 1. The summed E-state index contributed by atoms with van der Waals surface area (Å²) in [5.74, 6) is 0. The van der Waals surface area contributed by atoms with Gasteiger partial charge in [0.2, 0.25) is 0 Å². The summed E-state index contributed by atoms with van der Waals surface area (Å²) in [6.45, 7) is 4.53. The number of rotatable bonds is 6. The lowest BCUT2D eigenvalue weighted by Gasteiger charge is -2.36. The molecule has 13 heavy (non-hydrogen) atoms. The molecule has 1 atom stereocenters. The van der Waals surface area contributed by atoms with Gasteiger partial charge in [0, 0.05) is 19.2 Å². The van der Waals surface area contributed by atoms with E-state index in [0.717, 1.165) is 6.04 Å². The van der Waals surface area contributed by atoms with Crippen LogP contribution in [-0.4, -0.2) is 25.3 Å². The summed E-state index contributed by atoms with van der Waals surface area (Å²) in [4.78, 5) is 0. The monoisotopic (exact) mass is 185 g/mol. The zero-order chi connectivity index (χ0) is 9.68. The molecule has 0 aromatic heterocycles. The van der Waals surface area contributed by atoms with E-state index in [-0.39, 0.29) is 0 Å². The second kappa shape index (κ2) is 5.61. The van der Waals surface area contributed by atoms with Crippen LogP contribution in [-0.2, 0) is 4.74 Å². The van der Waals surface area contributed by atoms with Crippen LogP contribution in [0.15, 0.2) is 0 Å². The minimum atomic E-state index is 0.524. The molecule has 2 nitrogen and oxygen atoms in total. The number of methoxy groups -OCH3 is 1. The van der Waals surface area contributed by atoms with Gasteiger partial charge in [0.25, 0.3) is 0 Å². The highest BCUT2D eigenvalue weighted by Crippen LogP contribution is 2.23. The molecular formula is C11H23NO. The summed E-state index contributed by atoms with van der Waals surface area (Å²) in [5.41, 5.74) is 0. The Kier molecular flexibility index (Phi) is 4.74. The van der Waals surface area contributed by atoms with Crippen molar-refractivity contribution in [2.75, 3.05) is 7.11 Å². The minimum Gasteiger partial charge on any atom is -0.381 e.